The van der Waals surface area contributed by atoms with Gasteiger partial charge in [0.1, 0.15) is 0 Å². The third-order valence-electron chi connectivity index (χ3n) is 2.81. The molecule has 0 aliphatic carbocycles. The van der Waals surface area contributed by atoms with Crippen LogP contribution < -0.4 is 0 Å². The molecule has 0 aliphatic rings. The fourth-order valence-electron chi connectivity index (χ4n) is 1.72. The summed E-state index contributed by atoms with van der Waals surface area (Å²) in [6, 6.07) is 6.81. The second-order valence-electron chi connectivity index (χ2n) is 4.28. The highest BCUT2D eigenvalue weighted by molar-refractivity contribution is 9.10. The van der Waals surface area contributed by atoms with Crippen LogP contribution in [0, 0.1) is 0 Å². The summed E-state index contributed by atoms with van der Waals surface area (Å²) in [6.07, 6.45) is 0.866. The molecule has 2 rings (SSSR count). The number of hydrogen-bond acceptors (Lipinski definition) is 4. The summed E-state index contributed by atoms with van der Waals surface area (Å²) in [6.45, 7) is 2.31. The monoisotopic (exact) mass is 374 g/mol. The van der Waals surface area contributed by atoms with Crippen molar-refractivity contribution < 1.29 is 8.42 Å². The van der Waals surface area contributed by atoms with Crippen LogP contribution in [-0.4, -0.2) is 24.8 Å². The zero-order valence-electron chi connectivity index (χ0n) is 11.2. The van der Waals surface area contributed by atoms with Gasteiger partial charge in [-0.25, -0.2) is 13.4 Å². The predicted molar refractivity (Wildman–Crippen MR) is 84.3 cm³/mol. The van der Waals surface area contributed by atoms with E-state index in [4.69, 9.17) is 0 Å². The number of rotatable bonds is 5. The number of hydrogen-bond donors (Lipinski definition) is 0. The second-order valence-corrected chi connectivity index (χ2v) is 8.09. The summed E-state index contributed by atoms with van der Waals surface area (Å²) < 4.78 is 26.9. The molecule has 2 aromatic rings. The van der Waals surface area contributed by atoms with Crippen LogP contribution in [0.5, 0.6) is 0 Å². The van der Waals surface area contributed by atoms with Gasteiger partial charge >= 0.3 is 0 Å². The van der Waals surface area contributed by atoms with E-state index in [9.17, 15) is 8.42 Å². The van der Waals surface area contributed by atoms with Crippen molar-refractivity contribution >= 4 is 37.3 Å². The average molecular weight is 375 g/mol. The Morgan fingerprint density at radius 1 is 1.35 bits per heavy atom. The lowest BCUT2D eigenvalue weighted by Gasteiger charge is -2.16. The Bertz CT molecular complexity index is 698. The van der Waals surface area contributed by atoms with Crippen LogP contribution in [0.1, 0.15) is 17.6 Å². The first-order valence-corrected chi connectivity index (χ1v) is 9.20. The Kier molecular flexibility index (Phi) is 4.95. The molecule has 0 spiro atoms. The van der Waals surface area contributed by atoms with Crippen molar-refractivity contribution in [2.45, 2.75) is 24.8 Å². The van der Waals surface area contributed by atoms with Gasteiger partial charge in [-0.2, -0.15) is 4.31 Å². The van der Waals surface area contributed by atoms with E-state index in [1.165, 1.54) is 4.31 Å². The molecular formula is C13H15BrN2O2S2. The maximum Gasteiger partial charge on any atom is 0.244 e. The van der Waals surface area contributed by atoms with Crippen LogP contribution in [0.3, 0.4) is 0 Å². The van der Waals surface area contributed by atoms with E-state index in [1.807, 2.05) is 12.3 Å². The molecule has 0 fully saturated rings. The number of aryl methyl sites for hydroxylation is 1. The quantitative estimate of drug-likeness (QED) is 0.806. The van der Waals surface area contributed by atoms with Crippen LogP contribution in [-0.2, 0) is 23.0 Å². The van der Waals surface area contributed by atoms with Crippen LogP contribution in [0.15, 0.2) is 39.0 Å². The fourth-order valence-corrected chi connectivity index (χ4v) is 4.56. The van der Waals surface area contributed by atoms with Gasteiger partial charge < -0.3 is 0 Å². The molecular weight excluding hydrogens is 360 g/mol. The van der Waals surface area contributed by atoms with E-state index in [0.717, 1.165) is 17.1 Å². The van der Waals surface area contributed by atoms with Gasteiger partial charge in [0.05, 0.1) is 22.1 Å². The minimum absolute atomic E-state index is 0.272. The lowest BCUT2D eigenvalue weighted by molar-refractivity contribution is 0.462. The number of nitrogens with zero attached hydrogens (tertiary/aromatic N) is 2. The molecule has 1 aromatic carbocycles. The van der Waals surface area contributed by atoms with E-state index in [2.05, 4.69) is 20.9 Å². The maximum atomic E-state index is 12.5. The second kappa shape index (κ2) is 6.34. The van der Waals surface area contributed by atoms with Crippen molar-refractivity contribution in [1.29, 1.82) is 0 Å². The predicted octanol–water partition coefficient (Wildman–Crippen LogP) is 3.29. The van der Waals surface area contributed by atoms with Crippen molar-refractivity contribution in [1.82, 2.24) is 9.29 Å². The topological polar surface area (TPSA) is 50.3 Å². The molecule has 0 amide bonds. The number of thiazole rings is 1. The molecule has 0 saturated carbocycles. The number of sulfonamides is 1. The summed E-state index contributed by atoms with van der Waals surface area (Å²) in [7, 11) is -1.95. The van der Waals surface area contributed by atoms with E-state index in [-0.39, 0.29) is 11.4 Å². The summed E-state index contributed by atoms with van der Waals surface area (Å²) >= 11 is 4.84. The van der Waals surface area contributed by atoms with Gasteiger partial charge in [0.25, 0.3) is 0 Å². The van der Waals surface area contributed by atoms with Crippen molar-refractivity contribution in [3.63, 3.8) is 0 Å². The fraction of sp³-hybridized carbons (Fsp3) is 0.308. The van der Waals surface area contributed by atoms with Crippen LogP contribution in [0.25, 0.3) is 0 Å². The maximum absolute atomic E-state index is 12.5. The van der Waals surface area contributed by atoms with Crippen LogP contribution in [0.4, 0.5) is 0 Å². The van der Waals surface area contributed by atoms with Gasteiger partial charge in [0.15, 0.2) is 0 Å². The lowest BCUT2D eigenvalue weighted by Crippen LogP contribution is -2.27. The van der Waals surface area contributed by atoms with Crippen molar-refractivity contribution in [2.24, 2.45) is 0 Å². The Morgan fingerprint density at radius 2 is 2.05 bits per heavy atom. The molecule has 4 nitrogen and oxygen atoms in total. The minimum Gasteiger partial charge on any atom is -0.245 e. The molecule has 0 saturated heterocycles. The van der Waals surface area contributed by atoms with Crippen molar-refractivity contribution in [3.05, 3.63) is 44.8 Å². The van der Waals surface area contributed by atoms with Gasteiger partial charge in [-0.15, -0.1) is 11.3 Å². The average Bonchev–Trinajstić information content (AvgIpc) is 2.86. The summed E-state index contributed by atoms with van der Waals surface area (Å²) in [4.78, 5) is 4.67. The molecule has 20 heavy (non-hydrogen) atoms. The van der Waals surface area contributed by atoms with Gasteiger partial charge in [0.2, 0.25) is 10.0 Å². The normalized spacial score (nSPS) is 12.0. The third kappa shape index (κ3) is 3.28. The highest BCUT2D eigenvalue weighted by Gasteiger charge is 2.23. The Morgan fingerprint density at radius 3 is 2.65 bits per heavy atom. The minimum atomic E-state index is -3.51. The SMILES string of the molecule is CCc1nc(CN(C)S(=O)(=O)c2ccccc2Br)cs1. The zero-order chi connectivity index (χ0) is 14.8. The van der Waals surface area contributed by atoms with Crippen LogP contribution >= 0.6 is 27.3 Å². The standard InChI is InChI=1S/C13H15BrN2O2S2/c1-3-13-15-10(9-19-13)8-16(2)20(17,18)12-7-5-4-6-11(12)14/h4-7,9H,3,8H2,1-2H3. The lowest BCUT2D eigenvalue weighted by atomic mass is 10.4. The first kappa shape index (κ1) is 15.6. The van der Waals surface area contributed by atoms with Gasteiger partial charge in [-0.1, -0.05) is 19.1 Å². The summed E-state index contributed by atoms with van der Waals surface area (Å²) in [5.74, 6) is 0. The van der Waals surface area contributed by atoms with E-state index < -0.39 is 10.0 Å². The molecule has 0 unspecified atom stereocenters. The largest absolute Gasteiger partial charge is 0.245 e. The molecule has 0 radical (unpaired) electrons. The van der Waals surface area contributed by atoms with Crippen LogP contribution in [0.2, 0.25) is 0 Å². The summed E-state index contributed by atoms with van der Waals surface area (Å²) in [5, 5.41) is 2.93. The highest BCUT2D eigenvalue weighted by atomic mass is 79.9. The molecule has 0 N–H and O–H groups in total. The van der Waals surface area contributed by atoms with Gasteiger partial charge in [0, 0.05) is 16.9 Å². The molecule has 7 heteroatoms. The van der Waals surface area contributed by atoms with E-state index in [1.54, 1.807) is 42.6 Å². The number of benzene rings is 1. The molecule has 108 valence electrons. The third-order valence-corrected chi connectivity index (χ3v) is 6.67. The molecule has 1 aromatic heterocycles. The first-order valence-electron chi connectivity index (χ1n) is 6.09. The smallest absolute Gasteiger partial charge is 0.244 e. The van der Waals surface area contributed by atoms with Crippen molar-refractivity contribution in [2.75, 3.05) is 7.05 Å². The molecule has 0 atom stereocenters. The first-order chi connectivity index (χ1) is 9.45. The highest BCUT2D eigenvalue weighted by Crippen LogP contribution is 2.25. The van der Waals surface area contributed by atoms with E-state index in [0.29, 0.717) is 4.47 Å². The van der Waals surface area contributed by atoms with Gasteiger partial charge in [-0.3, -0.25) is 0 Å². The Hall–Kier alpha value is -0.760. The summed E-state index contributed by atoms with van der Waals surface area (Å²) in [5.41, 5.74) is 0.782. The van der Waals surface area contributed by atoms with Gasteiger partial charge in [-0.05, 0) is 34.5 Å². The molecule has 0 bridgehead atoms. The molecule has 1 heterocycles. The Labute approximate surface area is 131 Å². The number of aromatic nitrogens is 1. The zero-order valence-corrected chi connectivity index (χ0v) is 14.4. The Balaban J connectivity index is 2.23. The number of halogens is 1. The molecule has 0 aliphatic heterocycles. The van der Waals surface area contributed by atoms with Crippen molar-refractivity contribution in [3.8, 4) is 0 Å². The van der Waals surface area contributed by atoms with E-state index >= 15 is 0 Å².